The van der Waals surface area contributed by atoms with E-state index < -0.39 is 10.0 Å². The Bertz CT molecular complexity index is 783. The zero-order valence-electron chi connectivity index (χ0n) is 13.6. The third-order valence-corrected chi connectivity index (χ3v) is 5.81. The lowest BCUT2D eigenvalue weighted by molar-refractivity contribution is 0.588. The summed E-state index contributed by atoms with van der Waals surface area (Å²) < 4.78 is 26.4. The molecule has 0 radical (unpaired) electrons. The zero-order valence-corrected chi connectivity index (χ0v) is 15.2. The molecular weight excluding hydrogens is 330 g/mol. The molecule has 2 aromatic carbocycles. The molecule has 0 saturated heterocycles. The van der Waals surface area contributed by atoms with Gasteiger partial charge in [-0.05, 0) is 66.8 Å². The summed E-state index contributed by atoms with van der Waals surface area (Å²) in [7, 11) is -2.05. The summed E-state index contributed by atoms with van der Waals surface area (Å²) in [6, 6.07) is 12.8. The molecule has 0 aromatic heterocycles. The van der Waals surface area contributed by atoms with E-state index in [2.05, 4.69) is 24.6 Å². The van der Waals surface area contributed by atoms with Crippen molar-refractivity contribution < 1.29 is 8.42 Å². The Morgan fingerprint density at radius 3 is 2.39 bits per heavy atom. The van der Waals surface area contributed by atoms with Crippen molar-refractivity contribution in [3.63, 3.8) is 0 Å². The molecule has 5 heteroatoms. The second kappa shape index (κ2) is 7.47. The van der Waals surface area contributed by atoms with Crippen LogP contribution in [0, 0.1) is 0 Å². The van der Waals surface area contributed by atoms with Crippen molar-refractivity contribution in [3.05, 3.63) is 53.1 Å². The summed E-state index contributed by atoms with van der Waals surface area (Å²) in [5, 5.41) is 0.650. The lowest BCUT2D eigenvalue weighted by Crippen LogP contribution is -2.18. The van der Waals surface area contributed by atoms with Crippen LogP contribution in [0.1, 0.15) is 38.2 Å². The summed E-state index contributed by atoms with van der Waals surface area (Å²) in [4.78, 5) is 0.257. The summed E-state index contributed by atoms with van der Waals surface area (Å²) in [6.07, 6.45) is 2.05. The van der Waals surface area contributed by atoms with Crippen molar-refractivity contribution in [3.8, 4) is 11.1 Å². The molecule has 124 valence electrons. The molecule has 0 atom stereocenters. The normalized spacial score (nSPS) is 11.9. The summed E-state index contributed by atoms with van der Waals surface area (Å²) >= 11 is 6.18. The highest BCUT2D eigenvalue weighted by molar-refractivity contribution is 7.89. The maximum atomic E-state index is 12.0. The quantitative estimate of drug-likeness (QED) is 0.811. The fourth-order valence-corrected chi connectivity index (χ4v) is 3.76. The predicted octanol–water partition coefficient (Wildman–Crippen LogP) is 4.82. The summed E-state index contributed by atoms with van der Waals surface area (Å²) in [5.74, 6) is 0.423. The van der Waals surface area contributed by atoms with Crippen molar-refractivity contribution in [2.24, 2.45) is 0 Å². The van der Waals surface area contributed by atoms with E-state index in [0.29, 0.717) is 10.9 Å². The third-order valence-electron chi connectivity index (χ3n) is 4.16. The molecule has 0 aliphatic carbocycles. The standard InChI is InChI=1S/C18H22ClNO2S/c1-4-13(5-2)17-10-9-15(19)12-18(17)14-7-6-8-16(11-14)23(21,22)20-3/h6-13,20H,4-5H2,1-3H3. The van der Waals surface area contributed by atoms with E-state index in [1.165, 1.54) is 12.6 Å². The van der Waals surface area contributed by atoms with Crippen LogP contribution in [-0.4, -0.2) is 15.5 Å². The van der Waals surface area contributed by atoms with Crippen LogP contribution in [0.2, 0.25) is 5.02 Å². The van der Waals surface area contributed by atoms with E-state index in [-0.39, 0.29) is 4.90 Å². The Morgan fingerprint density at radius 2 is 1.78 bits per heavy atom. The number of hydrogen-bond donors (Lipinski definition) is 1. The molecule has 3 nitrogen and oxygen atoms in total. The molecule has 23 heavy (non-hydrogen) atoms. The van der Waals surface area contributed by atoms with Gasteiger partial charge >= 0.3 is 0 Å². The minimum absolute atomic E-state index is 0.257. The first-order valence-electron chi connectivity index (χ1n) is 7.76. The van der Waals surface area contributed by atoms with Gasteiger partial charge in [-0.25, -0.2) is 13.1 Å². The fraction of sp³-hybridized carbons (Fsp3) is 0.333. The van der Waals surface area contributed by atoms with Gasteiger partial charge in [0.25, 0.3) is 0 Å². The van der Waals surface area contributed by atoms with Gasteiger partial charge in [0, 0.05) is 5.02 Å². The van der Waals surface area contributed by atoms with Crippen molar-refractivity contribution in [1.29, 1.82) is 0 Å². The van der Waals surface area contributed by atoms with Crippen LogP contribution >= 0.6 is 11.6 Å². The van der Waals surface area contributed by atoms with E-state index in [0.717, 1.165) is 24.0 Å². The minimum atomic E-state index is -3.47. The highest BCUT2D eigenvalue weighted by Gasteiger charge is 2.16. The number of rotatable bonds is 6. The number of benzene rings is 2. The molecule has 0 aliphatic rings. The number of nitrogens with one attached hydrogen (secondary N) is 1. The van der Waals surface area contributed by atoms with E-state index in [1.54, 1.807) is 18.2 Å². The maximum absolute atomic E-state index is 12.0. The Labute approximate surface area is 143 Å². The average Bonchev–Trinajstić information content (AvgIpc) is 2.57. The van der Waals surface area contributed by atoms with Gasteiger partial charge in [0.05, 0.1) is 4.90 Å². The third kappa shape index (κ3) is 3.94. The van der Waals surface area contributed by atoms with E-state index in [1.807, 2.05) is 18.2 Å². The first kappa shape index (κ1) is 18.0. The molecule has 0 spiro atoms. The van der Waals surface area contributed by atoms with Crippen LogP contribution < -0.4 is 4.72 Å². The monoisotopic (exact) mass is 351 g/mol. The lowest BCUT2D eigenvalue weighted by atomic mass is 9.87. The van der Waals surface area contributed by atoms with Gasteiger partial charge in [0.15, 0.2) is 0 Å². The second-order valence-electron chi connectivity index (χ2n) is 5.48. The van der Waals surface area contributed by atoms with Crippen molar-refractivity contribution in [2.75, 3.05) is 7.05 Å². The molecule has 0 aliphatic heterocycles. The fourth-order valence-electron chi connectivity index (χ4n) is 2.81. The van der Waals surface area contributed by atoms with E-state index >= 15 is 0 Å². The van der Waals surface area contributed by atoms with Crippen LogP contribution in [0.3, 0.4) is 0 Å². The van der Waals surface area contributed by atoms with Gasteiger partial charge in [-0.3, -0.25) is 0 Å². The van der Waals surface area contributed by atoms with Crippen LogP contribution in [-0.2, 0) is 10.0 Å². The average molecular weight is 352 g/mol. The Hall–Kier alpha value is -1.36. The molecule has 0 saturated carbocycles. The first-order chi connectivity index (χ1) is 10.9. The molecular formula is C18H22ClNO2S. The van der Waals surface area contributed by atoms with Gasteiger partial charge in [0.1, 0.15) is 0 Å². The Kier molecular flexibility index (Phi) is 5.84. The molecule has 2 aromatic rings. The van der Waals surface area contributed by atoms with Gasteiger partial charge in [-0.2, -0.15) is 0 Å². The predicted molar refractivity (Wildman–Crippen MR) is 96.5 cm³/mol. The van der Waals surface area contributed by atoms with E-state index in [9.17, 15) is 8.42 Å². The number of sulfonamides is 1. The Balaban J connectivity index is 2.62. The molecule has 0 fully saturated rings. The van der Waals surface area contributed by atoms with Crippen molar-refractivity contribution in [1.82, 2.24) is 4.72 Å². The summed E-state index contributed by atoms with van der Waals surface area (Å²) in [5.41, 5.74) is 3.07. The minimum Gasteiger partial charge on any atom is -0.214 e. The zero-order chi connectivity index (χ0) is 17.0. The van der Waals surface area contributed by atoms with Gasteiger partial charge in [-0.15, -0.1) is 0 Å². The molecule has 0 amide bonds. The molecule has 1 N–H and O–H groups in total. The highest BCUT2D eigenvalue weighted by Crippen LogP contribution is 2.35. The summed E-state index contributed by atoms with van der Waals surface area (Å²) in [6.45, 7) is 4.32. The topological polar surface area (TPSA) is 46.2 Å². The molecule has 0 unspecified atom stereocenters. The maximum Gasteiger partial charge on any atom is 0.240 e. The van der Waals surface area contributed by atoms with Crippen LogP contribution in [0.25, 0.3) is 11.1 Å². The van der Waals surface area contributed by atoms with Crippen LogP contribution in [0.15, 0.2) is 47.4 Å². The van der Waals surface area contributed by atoms with Crippen LogP contribution in [0.4, 0.5) is 0 Å². The lowest BCUT2D eigenvalue weighted by Gasteiger charge is -2.18. The number of halogens is 1. The first-order valence-corrected chi connectivity index (χ1v) is 9.62. The molecule has 2 rings (SSSR count). The van der Waals surface area contributed by atoms with Crippen molar-refractivity contribution in [2.45, 2.75) is 37.5 Å². The van der Waals surface area contributed by atoms with Crippen molar-refractivity contribution >= 4 is 21.6 Å². The Morgan fingerprint density at radius 1 is 1.09 bits per heavy atom. The van der Waals surface area contributed by atoms with Gasteiger partial charge in [0.2, 0.25) is 10.0 Å². The van der Waals surface area contributed by atoms with Gasteiger partial charge in [-0.1, -0.05) is 43.6 Å². The SMILES string of the molecule is CCC(CC)c1ccc(Cl)cc1-c1cccc(S(=O)(=O)NC)c1. The smallest absolute Gasteiger partial charge is 0.214 e. The van der Waals surface area contributed by atoms with E-state index in [4.69, 9.17) is 11.6 Å². The van der Waals surface area contributed by atoms with Crippen LogP contribution in [0.5, 0.6) is 0 Å². The second-order valence-corrected chi connectivity index (χ2v) is 7.80. The molecule has 0 bridgehead atoms. The largest absolute Gasteiger partial charge is 0.240 e. The highest BCUT2D eigenvalue weighted by atomic mass is 35.5. The van der Waals surface area contributed by atoms with Gasteiger partial charge < -0.3 is 0 Å². The number of hydrogen-bond acceptors (Lipinski definition) is 2. The molecule has 0 heterocycles.